The first-order valence-electron chi connectivity index (χ1n) is 4.42. The van der Waals surface area contributed by atoms with Crippen LogP contribution in [0.15, 0.2) is 30.3 Å². The quantitative estimate of drug-likeness (QED) is 0.814. The predicted octanol–water partition coefficient (Wildman–Crippen LogP) is 2.81. The van der Waals surface area contributed by atoms with Crippen molar-refractivity contribution in [3.63, 3.8) is 0 Å². The molecule has 70 valence electrons. The summed E-state index contributed by atoms with van der Waals surface area (Å²) < 4.78 is 1.23. The van der Waals surface area contributed by atoms with Crippen LogP contribution in [0, 0.1) is 11.3 Å². The van der Waals surface area contributed by atoms with Crippen LogP contribution in [0.25, 0.3) is 10.1 Å². The van der Waals surface area contributed by atoms with E-state index in [1.54, 1.807) is 11.3 Å². The molecule has 2 rings (SSSR count). The largest absolute Gasteiger partial charge is 0.322 e. The van der Waals surface area contributed by atoms with E-state index >= 15 is 0 Å². The van der Waals surface area contributed by atoms with Gasteiger partial charge in [-0.05, 0) is 17.5 Å². The van der Waals surface area contributed by atoms with Gasteiger partial charge in [0.2, 0.25) is 0 Å². The molecule has 0 fully saturated rings. The number of rotatable bonds is 2. The van der Waals surface area contributed by atoms with Gasteiger partial charge in [0.25, 0.3) is 0 Å². The topological polar surface area (TPSA) is 49.8 Å². The highest BCUT2D eigenvalue weighted by atomic mass is 32.1. The second-order valence-corrected chi connectivity index (χ2v) is 4.27. The lowest BCUT2D eigenvalue weighted by Gasteiger charge is -2.01. The zero-order chi connectivity index (χ0) is 9.97. The Bertz CT molecular complexity index is 448. The fourth-order valence-corrected chi connectivity index (χ4v) is 2.45. The number of nitrogens with two attached hydrogens (primary N) is 1. The summed E-state index contributed by atoms with van der Waals surface area (Å²) in [6, 6.07) is 12.2. The third-order valence-corrected chi connectivity index (χ3v) is 3.37. The molecule has 0 spiro atoms. The molecule has 2 aromatic rings. The first kappa shape index (κ1) is 9.20. The van der Waals surface area contributed by atoms with E-state index in [0.717, 1.165) is 4.88 Å². The highest BCUT2D eigenvalue weighted by molar-refractivity contribution is 7.19. The van der Waals surface area contributed by atoms with Crippen molar-refractivity contribution >= 4 is 21.4 Å². The lowest BCUT2D eigenvalue weighted by atomic mass is 10.2. The smallest absolute Gasteiger partial charge is 0.0642 e. The average molecular weight is 202 g/mol. The van der Waals surface area contributed by atoms with Gasteiger partial charge in [-0.25, -0.2) is 0 Å². The van der Waals surface area contributed by atoms with Gasteiger partial charge in [0.15, 0.2) is 0 Å². The van der Waals surface area contributed by atoms with Gasteiger partial charge in [-0.15, -0.1) is 11.3 Å². The Kier molecular flexibility index (Phi) is 2.49. The zero-order valence-corrected chi connectivity index (χ0v) is 8.42. The number of benzene rings is 1. The molecule has 0 amide bonds. The number of fused-ring (bicyclic) bond motifs is 1. The van der Waals surface area contributed by atoms with Crippen LogP contribution < -0.4 is 5.73 Å². The Balaban J connectivity index is 2.41. The van der Waals surface area contributed by atoms with Crippen LogP contribution in [0.2, 0.25) is 0 Å². The van der Waals surface area contributed by atoms with Crippen molar-refractivity contribution in [1.82, 2.24) is 0 Å². The van der Waals surface area contributed by atoms with E-state index in [1.165, 1.54) is 10.1 Å². The minimum absolute atomic E-state index is 0.141. The van der Waals surface area contributed by atoms with Crippen LogP contribution in [0.5, 0.6) is 0 Å². The van der Waals surface area contributed by atoms with Gasteiger partial charge in [-0.1, -0.05) is 18.2 Å². The molecule has 14 heavy (non-hydrogen) atoms. The van der Waals surface area contributed by atoms with Gasteiger partial charge in [0.05, 0.1) is 18.5 Å². The van der Waals surface area contributed by atoms with Crippen molar-refractivity contribution in [1.29, 1.82) is 5.26 Å². The minimum atomic E-state index is -0.141. The molecule has 2 nitrogen and oxygen atoms in total. The summed E-state index contributed by atoms with van der Waals surface area (Å²) in [7, 11) is 0. The maximum Gasteiger partial charge on any atom is 0.0642 e. The first-order valence-corrected chi connectivity index (χ1v) is 5.24. The molecule has 1 atom stereocenters. The molecule has 0 saturated heterocycles. The maximum atomic E-state index is 8.55. The summed E-state index contributed by atoms with van der Waals surface area (Å²) in [6.45, 7) is 0. The summed E-state index contributed by atoms with van der Waals surface area (Å²) in [4.78, 5) is 1.09. The second kappa shape index (κ2) is 3.79. The third kappa shape index (κ3) is 1.63. The summed E-state index contributed by atoms with van der Waals surface area (Å²) >= 11 is 1.67. The number of thiophene rings is 1. The van der Waals surface area contributed by atoms with Crippen LogP contribution in [-0.2, 0) is 0 Å². The molecular weight excluding hydrogens is 192 g/mol. The molecule has 2 N–H and O–H groups in total. The summed E-state index contributed by atoms with van der Waals surface area (Å²) in [5.41, 5.74) is 5.86. The van der Waals surface area contributed by atoms with Crippen molar-refractivity contribution in [2.24, 2.45) is 5.73 Å². The molecule has 0 unspecified atom stereocenters. The summed E-state index contributed by atoms with van der Waals surface area (Å²) in [5, 5.41) is 9.76. The normalized spacial score (nSPS) is 12.6. The molecule has 0 bridgehead atoms. The standard InChI is InChI=1S/C11H10N2S/c12-6-5-9(13)11-7-8-3-1-2-4-10(8)14-11/h1-4,7,9H,5,13H2/t9-/m0/s1. The van der Waals surface area contributed by atoms with Gasteiger partial charge >= 0.3 is 0 Å². The second-order valence-electron chi connectivity index (χ2n) is 3.16. The van der Waals surface area contributed by atoms with E-state index in [-0.39, 0.29) is 6.04 Å². The molecule has 0 aliphatic heterocycles. The van der Waals surface area contributed by atoms with Crippen LogP contribution in [-0.4, -0.2) is 0 Å². The monoisotopic (exact) mass is 202 g/mol. The van der Waals surface area contributed by atoms with Crippen molar-refractivity contribution in [3.8, 4) is 6.07 Å². The molecule has 0 aliphatic carbocycles. The van der Waals surface area contributed by atoms with Crippen LogP contribution in [0.1, 0.15) is 17.3 Å². The first-order chi connectivity index (χ1) is 6.81. The average Bonchev–Trinajstić information content (AvgIpc) is 2.61. The Morgan fingerprint density at radius 1 is 1.43 bits per heavy atom. The lowest BCUT2D eigenvalue weighted by molar-refractivity contribution is 0.765. The predicted molar refractivity (Wildman–Crippen MR) is 59.0 cm³/mol. The minimum Gasteiger partial charge on any atom is -0.322 e. The van der Waals surface area contributed by atoms with E-state index in [1.807, 2.05) is 12.1 Å². The van der Waals surface area contributed by atoms with Crippen LogP contribution >= 0.6 is 11.3 Å². The molecule has 1 aromatic carbocycles. The zero-order valence-electron chi connectivity index (χ0n) is 7.60. The third-order valence-electron chi connectivity index (χ3n) is 2.12. The summed E-state index contributed by atoms with van der Waals surface area (Å²) in [5.74, 6) is 0. The molecule has 0 radical (unpaired) electrons. The van der Waals surface area contributed by atoms with E-state index in [4.69, 9.17) is 11.0 Å². The lowest BCUT2D eigenvalue weighted by Crippen LogP contribution is -2.06. The van der Waals surface area contributed by atoms with Crippen molar-refractivity contribution in [2.75, 3.05) is 0 Å². The van der Waals surface area contributed by atoms with Crippen LogP contribution in [0.4, 0.5) is 0 Å². The van der Waals surface area contributed by atoms with E-state index < -0.39 is 0 Å². The highest BCUT2D eigenvalue weighted by Crippen LogP contribution is 2.29. The van der Waals surface area contributed by atoms with Gasteiger partial charge in [0, 0.05) is 9.58 Å². The number of hydrogen-bond donors (Lipinski definition) is 1. The van der Waals surface area contributed by atoms with Gasteiger partial charge < -0.3 is 5.73 Å². The Morgan fingerprint density at radius 2 is 2.21 bits per heavy atom. The van der Waals surface area contributed by atoms with Gasteiger partial charge in [0.1, 0.15) is 0 Å². The molecule has 1 heterocycles. The van der Waals surface area contributed by atoms with E-state index in [0.29, 0.717) is 6.42 Å². The fourth-order valence-electron chi connectivity index (χ4n) is 1.38. The molecule has 1 aromatic heterocycles. The Hall–Kier alpha value is -1.37. The molecular formula is C11H10N2S. The van der Waals surface area contributed by atoms with E-state index in [2.05, 4.69) is 24.3 Å². The van der Waals surface area contributed by atoms with Crippen molar-refractivity contribution in [3.05, 3.63) is 35.2 Å². The number of hydrogen-bond acceptors (Lipinski definition) is 3. The maximum absolute atomic E-state index is 8.55. The fraction of sp³-hybridized carbons (Fsp3) is 0.182. The van der Waals surface area contributed by atoms with Gasteiger partial charge in [-0.3, -0.25) is 0 Å². The van der Waals surface area contributed by atoms with E-state index in [9.17, 15) is 0 Å². The SMILES string of the molecule is N#CC[C@H](N)c1cc2ccccc2s1. The van der Waals surface area contributed by atoms with Crippen molar-refractivity contribution < 1.29 is 0 Å². The van der Waals surface area contributed by atoms with Crippen LogP contribution in [0.3, 0.4) is 0 Å². The summed E-state index contributed by atoms with van der Waals surface area (Å²) in [6.07, 6.45) is 0.382. The van der Waals surface area contributed by atoms with Gasteiger partial charge in [-0.2, -0.15) is 5.26 Å². The Labute approximate surface area is 86.6 Å². The number of nitrogens with zero attached hydrogens (tertiary/aromatic N) is 1. The molecule has 3 heteroatoms. The molecule has 0 saturated carbocycles. The van der Waals surface area contributed by atoms with Crippen molar-refractivity contribution in [2.45, 2.75) is 12.5 Å². The molecule has 0 aliphatic rings. The Morgan fingerprint density at radius 3 is 2.93 bits per heavy atom. The number of nitriles is 1. The highest BCUT2D eigenvalue weighted by Gasteiger charge is 2.08.